The highest BCUT2D eigenvalue weighted by molar-refractivity contribution is 5.20. The molecule has 23 heavy (non-hydrogen) atoms. The first kappa shape index (κ1) is 16.1. The summed E-state index contributed by atoms with van der Waals surface area (Å²) in [5.41, 5.74) is 2.41. The monoisotopic (exact) mass is 317 g/mol. The summed E-state index contributed by atoms with van der Waals surface area (Å²) in [7, 11) is 1.71. The fourth-order valence-corrected chi connectivity index (χ4v) is 3.32. The molecule has 0 saturated carbocycles. The van der Waals surface area contributed by atoms with Crippen molar-refractivity contribution < 1.29 is 9.13 Å². The second-order valence-electron chi connectivity index (χ2n) is 6.10. The van der Waals surface area contributed by atoms with E-state index in [2.05, 4.69) is 14.5 Å². The number of halogens is 1. The second kappa shape index (κ2) is 7.70. The van der Waals surface area contributed by atoms with Crippen molar-refractivity contribution in [2.24, 2.45) is 0 Å². The van der Waals surface area contributed by atoms with Crippen LogP contribution in [0.25, 0.3) is 0 Å². The van der Waals surface area contributed by atoms with Crippen LogP contribution in [0.3, 0.4) is 0 Å². The molecule has 0 unspecified atom stereocenters. The molecule has 0 radical (unpaired) electrons. The zero-order valence-electron chi connectivity index (χ0n) is 13.6. The summed E-state index contributed by atoms with van der Waals surface area (Å²) in [6.07, 6.45) is 7.36. The lowest BCUT2D eigenvalue weighted by molar-refractivity contribution is 0.135. The quantitative estimate of drug-likeness (QED) is 0.818. The molecule has 1 aliphatic rings. The van der Waals surface area contributed by atoms with Gasteiger partial charge in [0, 0.05) is 32.4 Å². The van der Waals surface area contributed by atoms with Crippen LogP contribution in [0.1, 0.15) is 36.6 Å². The average Bonchev–Trinajstić information content (AvgIpc) is 3.01. The predicted molar refractivity (Wildman–Crippen MR) is 87.5 cm³/mol. The second-order valence-corrected chi connectivity index (χ2v) is 6.10. The molecule has 1 fully saturated rings. The fraction of sp³-hybridized carbons (Fsp3) is 0.500. The summed E-state index contributed by atoms with van der Waals surface area (Å²) in [6, 6.07) is 7.31. The van der Waals surface area contributed by atoms with Crippen molar-refractivity contribution in [1.82, 2.24) is 14.5 Å². The molecule has 2 heterocycles. The van der Waals surface area contributed by atoms with Crippen molar-refractivity contribution in [3.63, 3.8) is 0 Å². The first-order valence-corrected chi connectivity index (χ1v) is 8.25. The molecule has 0 aliphatic carbocycles. The molecule has 4 nitrogen and oxygen atoms in total. The molecule has 0 N–H and O–H groups in total. The fourth-order valence-electron chi connectivity index (χ4n) is 3.32. The first-order valence-electron chi connectivity index (χ1n) is 8.25. The van der Waals surface area contributed by atoms with Crippen LogP contribution >= 0.6 is 0 Å². The van der Waals surface area contributed by atoms with Gasteiger partial charge in [0.1, 0.15) is 5.82 Å². The number of rotatable bonds is 6. The molecular weight excluding hydrogens is 293 g/mol. The van der Waals surface area contributed by atoms with Crippen molar-refractivity contribution in [3.8, 4) is 0 Å². The maximum atomic E-state index is 13.2. The van der Waals surface area contributed by atoms with Gasteiger partial charge in [-0.2, -0.15) is 0 Å². The number of imidazole rings is 1. The number of hydrogen-bond donors (Lipinski definition) is 0. The Morgan fingerprint density at radius 3 is 2.87 bits per heavy atom. The number of likely N-dealkylation sites (tertiary alicyclic amines) is 1. The predicted octanol–water partition coefficient (Wildman–Crippen LogP) is 3.40. The third-order valence-electron chi connectivity index (χ3n) is 4.57. The Morgan fingerprint density at radius 1 is 1.26 bits per heavy atom. The van der Waals surface area contributed by atoms with Crippen LogP contribution in [0.5, 0.6) is 0 Å². The topological polar surface area (TPSA) is 30.3 Å². The van der Waals surface area contributed by atoms with Crippen molar-refractivity contribution in [2.45, 2.75) is 38.4 Å². The molecule has 0 bridgehead atoms. The number of aromatic nitrogens is 2. The van der Waals surface area contributed by atoms with E-state index < -0.39 is 0 Å². The lowest BCUT2D eigenvalue weighted by Gasteiger charge is -2.36. The van der Waals surface area contributed by atoms with Gasteiger partial charge in [-0.15, -0.1) is 0 Å². The average molecular weight is 317 g/mol. The smallest absolute Gasteiger partial charge is 0.123 e. The van der Waals surface area contributed by atoms with Gasteiger partial charge >= 0.3 is 0 Å². The van der Waals surface area contributed by atoms with Gasteiger partial charge in [-0.1, -0.05) is 18.6 Å². The summed E-state index contributed by atoms with van der Waals surface area (Å²) < 4.78 is 20.5. The van der Waals surface area contributed by atoms with E-state index in [1.54, 1.807) is 19.2 Å². The highest BCUT2D eigenvalue weighted by atomic mass is 19.1. The summed E-state index contributed by atoms with van der Waals surface area (Å²) in [4.78, 5) is 6.76. The summed E-state index contributed by atoms with van der Waals surface area (Å²) in [6.45, 7) is 3.44. The van der Waals surface area contributed by atoms with E-state index in [4.69, 9.17) is 4.74 Å². The Balaban J connectivity index is 1.74. The van der Waals surface area contributed by atoms with Gasteiger partial charge in [0.15, 0.2) is 0 Å². The molecule has 2 aromatic rings. The minimum Gasteiger partial charge on any atom is -0.383 e. The van der Waals surface area contributed by atoms with Gasteiger partial charge in [-0.05, 0) is 37.1 Å². The lowest BCUT2D eigenvalue weighted by atomic mass is 9.95. The van der Waals surface area contributed by atoms with Crippen LogP contribution in [0.2, 0.25) is 0 Å². The van der Waals surface area contributed by atoms with E-state index in [9.17, 15) is 4.39 Å². The standard InChI is InChI=1S/C18H24FN3O/c1-23-11-10-22-14-20-12-17(22)13-21-9-3-2-4-18(21)15-5-7-16(19)8-6-15/h5-8,12,14,18H,2-4,9-11,13H2,1H3/t18-/m1/s1. The maximum Gasteiger partial charge on any atom is 0.123 e. The van der Waals surface area contributed by atoms with Crippen LogP contribution in [-0.4, -0.2) is 34.7 Å². The molecule has 3 rings (SSSR count). The molecule has 0 amide bonds. The van der Waals surface area contributed by atoms with Gasteiger partial charge in [0.05, 0.1) is 18.6 Å². The largest absolute Gasteiger partial charge is 0.383 e. The molecule has 124 valence electrons. The molecule has 1 aromatic heterocycles. The Hall–Kier alpha value is -1.72. The van der Waals surface area contributed by atoms with E-state index >= 15 is 0 Å². The molecule has 1 saturated heterocycles. The summed E-state index contributed by atoms with van der Waals surface area (Å²) in [5, 5.41) is 0. The maximum absolute atomic E-state index is 13.2. The van der Waals surface area contributed by atoms with E-state index in [-0.39, 0.29) is 5.82 Å². The zero-order valence-corrected chi connectivity index (χ0v) is 13.6. The Labute approximate surface area is 136 Å². The summed E-state index contributed by atoms with van der Waals surface area (Å²) in [5.74, 6) is -0.172. The van der Waals surface area contributed by atoms with E-state index in [1.165, 1.54) is 24.1 Å². The number of benzene rings is 1. The van der Waals surface area contributed by atoms with E-state index in [1.807, 2.05) is 24.7 Å². The van der Waals surface area contributed by atoms with Crippen LogP contribution in [0.15, 0.2) is 36.8 Å². The minimum absolute atomic E-state index is 0.172. The SMILES string of the molecule is COCCn1cncc1CN1CCCC[C@@H]1c1ccc(F)cc1. The number of hydrogen-bond acceptors (Lipinski definition) is 3. The van der Waals surface area contributed by atoms with E-state index in [0.29, 0.717) is 12.6 Å². The molecule has 1 aromatic carbocycles. The number of methoxy groups -OCH3 is 1. The lowest BCUT2D eigenvalue weighted by Crippen LogP contribution is -2.33. The van der Waals surface area contributed by atoms with Crippen molar-refractivity contribution in [2.75, 3.05) is 20.3 Å². The normalized spacial score (nSPS) is 19.1. The highest BCUT2D eigenvalue weighted by Crippen LogP contribution is 2.32. The van der Waals surface area contributed by atoms with Crippen LogP contribution < -0.4 is 0 Å². The molecule has 1 aliphatic heterocycles. The van der Waals surface area contributed by atoms with Crippen molar-refractivity contribution >= 4 is 0 Å². The number of nitrogens with zero attached hydrogens (tertiary/aromatic N) is 3. The highest BCUT2D eigenvalue weighted by Gasteiger charge is 2.24. The summed E-state index contributed by atoms with van der Waals surface area (Å²) >= 11 is 0. The third kappa shape index (κ3) is 3.98. The Bertz CT molecular complexity index is 611. The van der Waals surface area contributed by atoms with Crippen molar-refractivity contribution in [1.29, 1.82) is 0 Å². The van der Waals surface area contributed by atoms with Crippen molar-refractivity contribution in [3.05, 3.63) is 53.9 Å². The molecule has 1 atom stereocenters. The molecule has 0 spiro atoms. The molecule has 5 heteroatoms. The number of piperidine rings is 1. The van der Waals surface area contributed by atoms with Crippen LogP contribution in [0, 0.1) is 5.82 Å². The zero-order chi connectivity index (χ0) is 16.1. The van der Waals surface area contributed by atoms with Gasteiger partial charge in [-0.3, -0.25) is 4.90 Å². The van der Waals surface area contributed by atoms with Gasteiger partial charge < -0.3 is 9.30 Å². The Morgan fingerprint density at radius 2 is 2.09 bits per heavy atom. The first-order chi connectivity index (χ1) is 11.3. The molecular formula is C18H24FN3O. The number of ether oxygens (including phenoxy) is 1. The van der Waals surface area contributed by atoms with Crippen LogP contribution in [-0.2, 0) is 17.8 Å². The van der Waals surface area contributed by atoms with Gasteiger partial charge in [0.25, 0.3) is 0 Å². The van der Waals surface area contributed by atoms with Gasteiger partial charge in [-0.25, -0.2) is 9.37 Å². The van der Waals surface area contributed by atoms with Crippen LogP contribution in [0.4, 0.5) is 4.39 Å². The Kier molecular flexibility index (Phi) is 5.41. The third-order valence-corrected chi connectivity index (χ3v) is 4.57. The van der Waals surface area contributed by atoms with E-state index in [0.717, 1.165) is 26.1 Å². The minimum atomic E-state index is -0.172. The van der Waals surface area contributed by atoms with Gasteiger partial charge in [0.2, 0.25) is 0 Å².